The fourth-order valence-corrected chi connectivity index (χ4v) is 2.59. The third-order valence-electron chi connectivity index (χ3n) is 4.04. The summed E-state index contributed by atoms with van der Waals surface area (Å²) in [5.41, 5.74) is 0.548. The monoisotopic (exact) mass is 410 g/mol. The molecule has 2 aromatic carbocycles. The highest BCUT2D eigenvalue weighted by atomic mass is 19.3. The lowest BCUT2D eigenvalue weighted by atomic mass is 10.1. The van der Waals surface area contributed by atoms with E-state index in [1.807, 2.05) is 0 Å². The van der Waals surface area contributed by atoms with E-state index in [1.165, 1.54) is 54.5 Å². The summed E-state index contributed by atoms with van der Waals surface area (Å²) in [7, 11) is 1.27. The third kappa shape index (κ3) is 6.13. The molecule has 0 atom stereocenters. The van der Waals surface area contributed by atoms with Crippen LogP contribution >= 0.6 is 0 Å². The molecule has 0 aliphatic rings. The van der Waals surface area contributed by atoms with Crippen molar-refractivity contribution in [3.63, 3.8) is 0 Å². The van der Waals surface area contributed by atoms with Crippen LogP contribution in [0.5, 0.6) is 11.5 Å². The Morgan fingerprint density at radius 1 is 1.14 bits per heavy atom. The van der Waals surface area contributed by atoms with E-state index in [0.29, 0.717) is 5.56 Å². The second kappa shape index (κ2) is 10.4. The summed E-state index contributed by atoms with van der Waals surface area (Å²) in [4.78, 5) is 26.2. The van der Waals surface area contributed by atoms with Gasteiger partial charge in [-0.05, 0) is 36.8 Å². The Morgan fingerprint density at radius 2 is 1.83 bits per heavy atom. The number of hydrogen-bond donors (Lipinski definition) is 1. The molecule has 0 saturated carbocycles. The number of nitrogens with zero attached hydrogens (tertiary/aromatic N) is 1. The normalized spacial score (nSPS) is 10.6. The lowest BCUT2D eigenvalue weighted by molar-refractivity contribution is -0.121. The number of amides is 2. The Hall–Kier alpha value is -3.23. The second-order valence-electron chi connectivity index (χ2n) is 5.94. The van der Waals surface area contributed by atoms with Gasteiger partial charge in [0.25, 0.3) is 5.91 Å². The van der Waals surface area contributed by atoms with Crippen molar-refractivity contribution >= 4 is 11.8 Å². The van der Waals surface area contributed by atoms with Crippen LogP contribution in [0.3, 0.4) is 0 Å². The van der Waals surface area contributed by atoms with Crippen LogP contribution in [0.15, 0.2) is 42.5 Å². The summed E-state index contributed by atoms with van der Waals surface area (Å²) in [6.45, 7) is -1.47. The molecule has 9 heteroatoms. The quantitative estimate of drug-likeness (QED) is 0.689. The smallest absolute Gasteiger partial charge is 0.387 e. The minimum absolute atomic E-state index is 0.0204. The molecule has 0 spiro atoms. The predicted octanol–water partition coefficient (Wildman–Crippen LogP) is 3.21. The topological polar surface area (TPSA) is 67.9 Å². The van der Waals surface area contributed by atoms with Crippen LogP contribution in [0.1, 0.15) is 22.8 Å². The SMILES string of the molecule is CCN(CC(=O)NCc1ccc(F)cc1)C(=O)c1cccc(OC)c1OC(F)F. The van der Waals surface area contributed by atoms with Gasteiger partial charge in [-0.15, -0.1) is 0 Å². The predicted molar refractivity (Wildman–Crippen MR) is 99.5 cm³/mol. The first kappa shape index (κ1) is 22.1. The van der Waals surface area contributed by atoms with Crippen LogP contribution < -0.4 is 14.8 Å². The minimum atomic E-state index is -3.15. The first-order valence-electron chi connectivity index (χ1n) is 8.78. The molecule has 29 heavy (non-hydrogen) atoms. The number of rotatable bonds is 9. The van der Waals surface area contributed by atoms with Gasteiger partial charge in [-0.3, -0.25) is 9.59 Å². The fraction of sp³-hybridized carbons (Fsp3) is 0.300. The van der Waals surface area contributed by atoms with Crippen molar-refractivity contribution in [2.24, 2.45) is 0 Å². The second-order valence-corrected chi connectivity index (χ2v) is 5.94. The highest BCUT2D eigenvalue weighted by Crippen LogP contribution is 2.33. The van der Waals surface area contributed by atoms with Crippen LogP contribution in [0, 0.1) is 5.82 Å². The average Bonchev–Trinajstić information content (AvgIpc) is 2.70. The maximum absolute atomic E-state index is 12.9. The highest BCUT2D eigenvalue weighted by Gasteiger charge is 2.25. The maximum atomic E-state index is 12.9. The Kier molecular flexibility index (Phi) is 7.88. The summed E-state index contributed by atoms with van der Waals surface area (Å²) in [6.07, 6.45) is 0. The molecule has 0 bridgehead atoms. The van der Waals surface area contributed by atoms with E-state index in [9.17, 15) is 22.8 Å². The summed E-state index contributed by atoms with van der Waals surface area (Å²) in [5.74, 6) is -1.90. The molecule has 2 rings (SSSR count). The molecule has 2 amide bonds. The molecular weight excluding hydrogens is 389 g/mol. The zero-order valence-electron chi connectivity index (χ0n) is 16.0. The number of alkyl halides is 2. The number of halogens is 3. The Bertz CT molecular complexity index is 844. The van der Waals surface area contributed by atoms with E-state index in [4.69, 9.17) is 4.74 Å². The van der Waals surface area contributed by atoms with E-state index < -0.39 is 18.4 Å². The number of methoxy groups -OCH3 is 1. The van der Waals surface area contributed by atoms with Crippen LogP contribution in [0.25, 0.3) is 0 Å². The molecular formula is C20H21F3N2O4. The molecule has 0 aliphatic carbocycles. The lowest BCUT2D eigenvalue weighted by Gasteiger charge is -2.22. The van der Waals surface area contributed by atoms with Crippen LogP contribution in [0.4, 0.5) is 13.2 Å². The van der Waals surface area contributed by atoms with Gasteiger partial charge in [0.05, 0.1) is 19.2 Å². The van der Waals surface area contributed by atoms with Crippen molar-refractivity contribution in [1.82, 2.24) is 10.2 Å². The summed E-state index contributed by atoms with van der Waals surface area (Å²) in [6, 6.07) is 9.78. The van der Waals surface area contributed by atoms with Crippen molar-refractivity contribution in [2.75, 3.05) is 20.2 Å². The molecule has 0 fully saturated rings. The average molecular weight is 410 g/mol. The zero-order chi connectivity index (χ0) is 21.4. The summed E-state index contributed by atoms with van der Waals surface area (Å²) >= 11 is 0. The Morgan fingerprint density at radius 3 is 2.41 bits per heavy atom. The Labute approximate surface area is 166 Å². The van der Waals surface area contributed by atoms with Crippen molar-refractivity contribution in [3.05, 3.63) is 59.4 Å². The molecule has 0 saturated heterocycles. The lowest BCUT2D eigenvalue weighted by Crippen LogP contribution is -2.40. The van der Waals surface area contributed by atoms with Gasteiger partial charge in [-0.25, -0.2) is 4.39 Å². The van der Waals surface area contributed by atoms with Gasteiger partial charge >= 0.3 is 6.61 Å². The molecule has 1 N–H and O–H groups in total. The third-order valence-corrected chi connectivity index (χ3v) is 4.04. The zero-order valence-corrected chi connectivity index (χ0v) is 16.0. The number of para-hydroxylation sites is 1. The van der Waals surface area contributed by atoms with Gasteiger partial charge in [0, 0.05) is 13.1 Å². The number of likely N-dealkylation sites (N-methyl/N-ethyl adjacent to an activating group) is 1. The van der Waals surface area contributed by atoms with Gasteiger partial charge in [-0.1, -0.05) is 18.2 Å². The van der Waals surface area contributed by atoms with Gasteiger partial charge in [-0.2, -0.15) is 8.78 Å². The van der Waals surface area contributed by atoms with Gasteiger partial charge in [0.15, 0.2) is 11.5 Å². The van der Waals surface area contributed by atoms with Gasteiger partial charge in [0.1, 0.15) is 5.82 Å². The first-order chi connectivity index (χ1) is 13.8. The van der Waals surface area contributed by atoms with Crippen LogP contribution in [-0.4, -0.2) is 43.5 Å². The molecule has 156 valence electrons. The molecule has 0 radical (unpaired) electrons. The fourth-order valence-electron chi connectivity index (χ4n) is 2.59. The van der Waals surface area contributed by atoms with Crippen molar-refractivity contribution < 1.29 is 32.2 Å². The largest absolute Gasteiger partial charge is 0.493 e. The molecule has 0 heterocycles. The van der Waals surface area contributed by atoms with E-state index in [2.05, 4.69) is 10.1 Å². The standard InChI is InChI=1S/C20H21F3N2O4/c1-3-25(12-17(26)24-11-13-7-9-14(21)10-8-13)19(27)15-5-4-6-16(28-2)18(15)29-20(22)23/h4-10,20H,3,11-12H2,1-2H3,(H,24,26). The maximum Gasteiger partial charge on any atom is 0.387 e. The number of ether oxygens (including phenoxy) is 2. The minimum Gasteiger partial charge on any atom is -0.493 e. The van der Waals surface area contributed by atoms with Crippen LogP contribution in [0.2, 0.25) is 0 Å². The van der Waals surface area contributed by atoms with E-state index in [0.717, 1.165) is 0 Å². The molecule has 6 nitrogen and oxygen atoms in total. The highest BCUT2D eigenvalue weighted by molar-refractivity contribution is 5.99. The number of hydrogen-bond acceptors (Lipinski definition) is 4. The van der Waals surface area contributed by atoms with E-state index >= 15 is 0 Å². The number of carbonyl (C=O) groups excluding carboxylic acids is 2. The van der Waals surface area contributed by atoms with E-state index in [1.54, 1.807) is 6.92 Å². The molecule has 2 aromatic rings. The van der Waals surface area contributed by atoms with Crippen molar-refractivity contribution in [1.29, 1.82) is 0 Å². The van der Waals surface area contributed by atoms with Crippen molar-refractivity contribution in [2.45, 2.75) is 20.1 Å². The summed E-state index contributed by atoms with van der Waals surface area (Å²) < 4.78 is 47.9. The van der Waals surface area contributed by atoms with Crippen LogP contribution in [-0.2, 0) is 11.3 Å². The van der Waals surface area contributed by atoms with Gasteiger partial charge < -0.3 is 19.7 Å². The summed E-state index contributed by atoms with van der Waals surface area (Å²) in [5, 5.41) is 2.63. The van der Waals surface area contributed by atoms with E-state index in [-0.39, 0.29) is 42.5 Å². The number of nitrogens with one attached hydrogen (secondary N) is 1. The molecule has 0 unspecified atom stereocenters. The molecule has 0 aromatic heterocycles. The molecule has 0 aliphatic heterocycles. The number of benzene rings is 2. The number of carbonyl (C=O) groups is 2. The van der Waals surface area contributed by atoms with Gasteiger partial charge in [0.2, 0.25) is 5.91 Å². The van der Waals surface area contributed by atoms with Crippen molar-refractivity contribution in [3.8, 4) is 11.5 Å². The first-order valence-corrected chi connectivity index (χ1v) is 8.78. The Balaban J connectivity index is 2.09.